The van der Waals surface area contributed by atoms with E-state index < -0.39 is 17.7 Å². The lowest BCUT2D eigenvalue weighted by Crippen LogP contribution is -2.29. The number of rotatable bonds is 3. The number of para-hydroxylation sites is 1. The zero-order valence-corrected chi connectivity index (χ0v) is 16.7. The van der Waals surface area contributed by atoms with Crippen LogP contribution in [-0.4, -0.2) is 30.0 Å². The fourth-order valence-corrected chi connectivity index (χ4v) is 3.98. The lowest BCUT2D eigenvalue weighted by atomic mass is 9.98. The highest BCUT2D eigenvalue weighted by Crippen LogP contribution is 2.44. The number of carbonyl (C=O) groups is 2. The number of carbonyl (C=O) groups excluding carboxylic acids is 2. The first-order valence-corrected chi connectivity index (χ1v) is 9.86. The normalized spacial score (nSPS) is 19.6. The fourth-order valence-electron chi connectivity index (χ4n) is 3.98. The van der Waals surface area contributed by atoms with E-state index in [0.717, 1.165) is 5.56 Å². The van der Waals surface area contributed by atoms with Gasteiger partial charge in [0.15, 0.2) is 11.5 Å². The number of hydrogen-bond donors (Lipinski definition) is 1. The van der Waals surface area contributed by atoms with Gasteiger partial charge in [0.2, 0.25) is 0 Å². The van der Waals surface area contributed by atoms with Crippen LogP contribution >= 0.6 is 0 Å². The van der Waals surface area contributed by atoms with Crippen molar-refractivity contribution in [1.29, 1.82) is 0 Å². The SMILES string of the molecule is Cc1ccccc1N1C(=O)C(=O)/C(=C(\O)c2ccc3c(c2)OCCO3)C1c1ccco1. The minimum Gasteiger partial charge on any atom is -0.507 e. The average Bonchev–Trinajstić information content (AvgIpc) is 3.41. The van der Waals surface area contributed by atoms with E-state index in [1.807, 2.05) is 19.1 Å². The Balaban J connectivity index is 1.69. The Morgan fingerprint density at radius 2 is 1.77 bits per heavy atom. The van der Waals surface area contributed by atoms with E-state index in [0.29, 0.717) is 41.7 Å². The molecule has 1 amide bonds. The summed E-state index contributed by atoms with van der Waals surface area (Å²) in [6.07, 6.45) is 1.47. The number of aliphatic hydroxyl groups is 1. The van der Waals surface area contributed by atoms with Crippen molar-refractivity contribution >= 4 is 23.1 Å². The Labute approximate surface area is 178 Å². The minimum atomic E-state index is -0.899. The van der Waals surface area contributed by atoms with E-state index in [9.17, 15) is 14.7 Å². The molecule has 7 nitrogen and oxygen atoms in total. The average molecular weight is 417 g/mol. The van der Waals surface area contributed by atoms with Crippen LogP contribution in [-0.2, 0) is 9.59 Å². The van der Waals surface area contributed by atoms with Crippen molar-refractivity contribution in [1.82, 2.24) is 0 Å². The van der Waals surface area contributed by atoms with Gasteiger partial charge < -0.3 is 19.0 Å². The molecular weight excluding hydrogens is 398 g/mol. The molecule has 1 fully saturated rings. The van der Waals surface area contributed by atoms with E-state index in [2.05, 4.69) is 0 Å². The summed E-state index contributed by atoms with van der Waals surface area (Å²) in [6.45, 7) is 2.69. The number of aryl methyl sites for hydroxylation is 1. The number of ketones is 1. The third kappa shape index (κ3) is 3.06. The van der Waals surface area contributed by atoms with Crippen molar-refractivity contribution in [3.63, 3.8) is 0 Å². The second-order valence-corrected chi connectivity index (χ2v) is 7.33. The molecular formula is C24H19NO6. The van der Waals surface area contributed by atoms with Crippen molar-refractivity contribution in [2.24, 2.45) is 0 Å². The maximum atomic E-state index is 13.1. The summed E-state index contributed by atoms with van der Waals surface area (Å²) < 4.78 is 16.7. The number of furan rings is 1. The molecule has 0 aliphatic carbocycles. The Bertz CT molecular complexity index is 1210. The van der Waals surface area contributed by atoms with Crippen LogP contribution < -0.4 is 14.4 Å². The van der Waals surface area contributed by atoms with Crippen LogP contribution in [0, 0.1) is 6.92 Å². The number of hydrogen-bond acceptors (Lipinski definition) is 6. The minimum absolute atomic E-state index is 0.0418. The van der Waals surface area contributed by atoms with Crippen LogP contribution in [0.25, 0.3) is 5.76 Å². The van der Waals surface area contributed by atoms with Crippen LogP contribution in [0.1, 0.15) is 22.9 Å². The van der Waals surface area contributed by atoms with E-state index in [1.54, 1.807) is 42.5 Å². The third-order valence-corrected chi connectivity index (χ3v) is 5.45. The number of ether oxygens (including phenoxy) is 2. The van der Waals surface area contributed by atoms with E-state index in [-0.39, 0.29) is 11.3 Å². The number of aliphatic hydroxyl groups excluding tert-OH is 1. The maximum absolute atomic E-state index is 13.1. The Hall–Kier alpha value is -4.00. The number of benzene rings is 2. The molecule has 1 unspecified atom stereocenters. The standard InChI is InChI=1S/C24H19NO6/c1-14-5-2-3-6-16(14)25-21(18-7-4-10-29-18)20(23(27)24(25)28)22(26)15-8-9-17-19(13-15)31-12-11-30-17/h2-10,13,21,26H,11-12H2,1H3/b22-20-. The molecule has 7 heteroatoms. The van der Waals surface area contributed by atoms with Gasteiger partial charge in [0.1, 0.15) is 30.8 Å². The van der Waals surface area contributed by atoms with Gasteiger partial charge in [-0.25, -0.2) is 0 Å². The van der Waals surface area contributed by atoms with Crippen molar-refractivity contribution < 1.29 is 28.6 Å². The Kier molecular flexibility index (Phi) is 4.51. The predicted molar refractivity (Wildman–Crippen MR) is 112 cm³/mol. The van der Waals surface area contributed by atoms with E-state index >= 15 is 0 Å². The van der Waals surface area contributed by atoms with Gasteiger partial charge in [-0.15, -0.1) is 0 Å². The smallest absolute Gasteiger partial charge is 0.300 e. The largest absolute Gasteiger partial charge is 0.507 e. The van der Waals surface area contributed by atoms with Gasteiger partial charge in [0.05, 0.1) is 11.8 Å². The molecule has 0 spiro atoms. The second kappa shape index (κ2) is 7.36. The summed E-state index contributed by atoms with van der Waals surface area (Å²) in [6, 6.07) is 14.6. The topological polar surface area (TPSA) is 89.2 Å². The summed E-state index contributed by atoms with van der Waals surface area (Å²) in [7, 11) is 0. The van der Waals surface area contributed by atoms with Gasteiger partial charge in [-0.2, -0.15) is 0 Å². The summed E-state index contributed by atoms with van der Waals surface area (Å²) >= 11 is 0. The molecule has 0 bridgehead atoms. The van der Waals surface area contributed by atoms with Crippen LogP contribution in [0.5, 0.6) is 11.5 Å². The van der Waals surface area contributed by atoms with Crippen LogP contribution in [0.2, 0.25) is 0 Å². The number of fused-ring (bicyclic) bond motifs is 1. The number of amides is 1. The maximum Gasteiger partial charge on any atom is 0.300 e. The van der Waals surface area contributed by atoms with Crippen molar-refractivity contribution in [3.05, 3.63) is 83.3 Å². The molecule has 2 aliphatic rings. The molecule has 1 atom stereocenters. The van der Waals surface area contributed by atoms with Crippen LogP contribution in [0.4, 0.5) is 5.69 Å². The molecule has 3 aromatic rings. The van der Waals surface area contributed by atoms with Crippen molar-refractivity contribution in [2.75, 3.05) is 18.1 Å². The predicted octanol–water partition coefficient (Wildman–Crippen LogP) is 3.99. The highest BCUT2D eigenvalue weighted by Gasteiger charge is 2.48. The molecule has 0 radical (unpaired) electrons. The molecule has 2 aromatic carbocycles. The highest BCUT2D eigenvalue weighted by atomic mass is 16.6. The number of Topliss-reactive ketones (excluding diaryl/α,β-unsaturated/α-hetero) is 1. The monoisotopic (exact) mass is 417 g/mol. The molecule has 0 saturated carbocycles. The van der Waals surface area contributed by atoms with Gasteiger partial charge in [-0.05, 0) is 48.9 Å². The second-order valence-electron chi connectivity index (χ2n) is 7.33. The Morgan fingerprint density at radius 1 is 1.00 bits per heavy atom. The first kappa shape index (κ1) is 19.0. The fraction of sp³-hybridized carbons (Fsp3) is 0.167. The summed E-state index contributed by atoms with van der Waals surface area (Å²) in [5.74, 6) is -0.398. The molecule has 3 heterocycles. The highest BCUT2D eigenvalue weighted by molar-refractivity contribution is 6.51. The Morgan fingerprint density at radius 3 is 2.52 bits per heavy atom. The first-order chi connectivity index (χ1) is 15.1. The van der Waals surface area contributed by atoms with Crippen molar-refractivity contribution in [3.8, 4) is 11.5 Å². The summed E-state index contributed by atoms with van der Waals surface area (Å²) in [4.78, 5) is 27.6. The van der Waals surface area contributed by atoms with Gasteiger partial charge in [0.25, 0.3) is 11.7 Å². The van der Waals surface area contributed by atoms with Gasteiger partial charge in [-0.3, -0.25) is 14.5 Å². The molecule has 5 rings (SSSR count). The molecule has 156 valence electrons. The van der Waals surface area contributed by atoms with Gasteiger partial charge >= 0.3 is 0 Å². The van der Waals surface area contributed by atoms with Gasteiger partial charge in [-0.1, -0.05) is 18.2 Å². The number of nitrogens with zero attached hydrogens (tertiary/aromatic N) is 1. The lowest BCUT2D eigenvalue weighted by Gasteiger charge is -2.25. The molecule has 2 aliphatic heterocycles. The van der Waals surface area contributed by atoms with Crippen LogP contribution in [0.3, 0.4) is 0 Å². The lowest BCUT2D eigenvalue weighted by molar-refractivity contribution is -0.132. The van der Waals surface area contributed by atoms with Crippen molar-refractivity contribution in [2.45, 2.75) is 13.0 Å². The van der Waals surface area contributed by atoms with E-state index in [4.69, 9.17) is 13.9 Å². The zero-order valence-electron chi connectivity index (χ0n) is 16.7. The molecule has 1 saturated heterocycles. The third-order valence-electron chi connectivity index (χ3n) is 5.45. The van der Waals surface area contributed by atoms with Crippen LogP contribution in [0.15, 0.2) is 70.9 Å². The summed E-state index contributed by atoms with van der Waals surface area (Å²) in [5, 5.41) is 11.2. The zero-order chi connectivity index (χ0) is 21.5. The summed E-state index contributed by atoms with van der Waals surface area (Å²) in [5.41, 5.74) is 1.70. The molecule has 1 aromatic heterocycles. The quantitative estimate of drug-likeness (QED) is 0.394. The van der Waals surface area contributed by atoms with E-state index in [1.165, 1.54) is 11.2 Å². The molecule has 31 heavy (non-hydrogen) atoms. The first-order valence-electron chi connectivity index (χ1n) is 9.86. The number of anilines is 1. The molecule has 1 N–H and O–H groups in total. The van der Waals surface area contributed by atoms with Gasteiger partial charge in [0, 0.05) is 11.3 Å².